The molecule has 1 rings (SSSR count). The average molecular weight is 455 g/mol. The molecule has 1 aromatic rings. The Labute approximate surface area is 93.4 Å². The Morgan fingerprint density at radius 1 is 1.67 bits per heavy atom. The van der Waals surface area contributed by atoms with Crippen molar-refractivity contribution in [2.75, 3.05) is 5.73 Å². The van der Waals surface area contributed by atoms with E-state index in [0.29, 0.717) is 4.46 Å². The van der Waals surface area contributed by atoms with Crippen molar-refractivity contribution in [3.63, 3.8) is 0 Å². The molecular weight excluding hydrogens is 451 g/mol. The standard InChI is InChI=1S/C4H5N3OSe.2ClH.Pt/c5-3-2(9)1-6-4(8)7-3;;;/h1H,(H4,5,6,7,8,9);2*1H;/q;;;+2/p-3. The van der Waals surface area contributed by atoms with Crippen molar-refractivity contribution in [1.82, 2.24) is 9.97 Å². The van der Waals surface area contributed by atoms with Gasteiger partial charge in [0.15, 0.2) is 0 Å². The van der Waals surface area contributed by atoms with Crippen molar-refractivity contribution in [2.24, 2.45) is 0 Å². The van der Waals surface area contributed by atoms with Gasteiger partial charge < -0.3 is 0 Å². The van der Waals surface area contributed by atoms with Crippen LogP contribution in [-0.4, -0.2) is 21.0 Å². The maximum absolute atomic E-state index is 10.3. The number of hydrogen-bond donors (Lipinski definition) is 1. The van der Waals surface area contributed by atoms with Gasteiger partial charge in [-0.25, -0.2) is 0 Å². The van der Waals surface area contributed by atoms with Gasteiger partial charge in [-0.15, -0.1) is 0 Å². The summed E-state index contributed by atoms with van der Waals surface area (Å²) in [4.78, 5) is 17.1. The summed E-state index contributed by atoms with van der Waals surface area (Å²) in [5.74, 6) is 0.231. The third-order valence-corrected chi connectivity index (χ3v) is 1.50. The number of nitrogen functional groups attached to an aromatic ring is 1. The molecule has 0 unspecified atom stereocenters. The van der Waals surface area contributed by atoms with Crippen LogP contribution in [0.5, 0.6) is 0 Å². The number of aromatic nitrogens is 2. The fourth-order valence-corrected chi connectivity index (χ4v) is 0.598. The van der Waals surface area contributed by atoms with E-state index in [1.165, 1.54) is 6.20 Å². The van der Waals surface area contributed by atoms with Crippen molar-refractivity contribution >= 4 is 45.1 Å². The molecule has 0 amide bonds. The zero-order chi connectivity index (χ0) is 9.56. The van der Waals surface area contributed by atoms with Gasteiger partial charge >= 0.3 is 94.0 Å². The van der Waals surface area contributed by atoms with E-state index in [-0.39, 0.29) is 5.82 Å². The minimum absolute atomic E-state index is 0.231. The summed E-state index contributed by atoms with van der Waals surface area (Å²) in [6.45, 7) is 0. The van der Waals surface area contributed by atoms with Gasteiger partial charge in [-0.3, -0.25) is 0 Å². The average Bonchev–Trinajstić information content (AvgIpc) is 1.99. The molecule has 0 bridgehead atoms. The van der Waals surface area contributed by atoms with E-state index in [9.17, 15) is 4.79 Å². The monoisotopic (exact) mass is 455 g/mol. The van der Waals surface area contributed by atoms with Crippen LogP contribution < -0.4 is 20.9 Å². The number of nitrogens with zero attached hydrogens (tertiary/aromatic N) is 2. The first kappa shape index (κ1) is 12.5. The molecule has 0 aliphatic carbocycles. The van der Waals surface area contributed by atoms with Gasteiger partial charge in [-0.2, -0.15) is 0 Å². The van der Waals surface area contributed by atoms with Gasteiger partial charge in [0.1, 0.15) is 0 Å². The summed E-state index contributed by atoms with van der Waals surface area (Å²) in [6, 6.07) is 0. The number of halogens is 2. The molecule has 1 heterocycles. The van der Waals surface area contributed by atoms with Gasteiger partial charge in [-0.05, 0) is 0 Å². The minimum atomic E-state index is -0.540. The van der Waals surface area contributed by atoms with Crippen LogP contribution in [0.4, 0.5) is 5.82 Å². The molecule has 4 nitrogen and oxygen atoms in total. The van der Waals surface area contributed by atoms with Gasteiger partial charge in [0, 0.05) is 0 Å². The third kappa shape index (κ3) is 5.17. The molecule has 0 saturated heterocycles. The predicted molar refractivity (Wildman–Crippen MR) is 46.7 cm³/mol. The second kappa shape index (κ2) is 6.93. The molecule has 0 spiro atoms. The number of hydrogen-bond acceptors (Lipinski definition) is 3. The summed E-state index contributed by atoms with van der Waals surface area (Å²) in [5, 5.41) is 0. The molecule has 8 heteroatoms. The zero-order valence-electron chi connectivity index (χ0n) is 5.48. The number of rotatable bonds is 0. The van der Waals surface area contributed by atoms with E-state index in [2.05, 4.69) is 26.0 Å². The first-order valence-electron chi connectivity index (χ1n) is 2.42. The van der Waals surface area contributed by atoms with Crippen LogP contribution in [0.3, 0.4) is 0 Å². The molecule has 0 aliphatic rings. The van der Waals surface area contributed by atoms with Gasteiger partial charge in [0.05, 0.1) is 0 Å². The molecule has 0 aliphatic heterocycles. The summed E-state index contributed by atoms with van der Waals surface area (Å²) >= 11 is 1.70. The van der Waals surface area contributed by atoms with Crippen LogP contribution in [-0.2, 0) is 16.5 Å². The second-order valence-corrected chi connectivity index (χ2v) is 5.76. The Bertz CT molecular complexity index is 294. The van der Waals surface area contributed by atoms with Crippen molar-refractivity contribution < 1.29 is 16.5 Å². The van der Waals surface area contributed by atoms with Crippen molar-refractivity contribution in [2.45, 2.75) is 0 Å². The van der Waals surface area contributed by atoms with E-state index < -0.39 is 22.2 Å². The molecule has 0 aromatic carbocycles. The second-order valence-electron chi connectivity index (χ2n) is 1.47. The van der Waals surface area contributed by atoms with Crippen LogP contribution in [0, 0.1) is 0 Å². The van der Waals surface area contributed by atoms with E-state index >= 15 is 0 Å². The van der Waals surface area contributed by atoms with Crippen LogP contribution in [0.2, 0.25) is 0 Å². The normalized spacial score (nSPS) is 8.92. The zero-order valence-corrected chi connectivity index (χ0v) is 11.1. The Hall–Kier alpha value is 0.468. The molecule has 0 radical (unpaired) electrons. The molecule has 72 valence electrons. The fraction of sp³-hybridized carbons (Fsp3) is 0. The SMILES string of the molecule is Nc1nc(=O)[n-]cc1[SeH].[Cl][Pt][Cl]. The van der Waals surface area contributed by atoms with Crippen LogP contribution in [0.15, 0.2) is 11.0 Å². The Morgan fingerprint density at radius 3 is 2.50 bits per heavy atom. The summed E-state index contributed by atoms with van der Waals surface area (Å²) in [7, 11) is 9.75. The topological polar surface area (TPSA) is 70.1 Å². The number of nitrogens with two attached hydrogens (primary N) is 1. The third-order valence-electron chi connectivity index (χ3n) is 0.776. The van der Waals surface area contributed by atoms with Gasteiger partial charge in [0.25, 0.3) is 0 Å². The molecule has 12 heavy (non-hydrogen) atoms. The number of anilines is 1. The van der Waals surface area contributed by atoms with E-state index in [1.807, 2.05) is 0 Å². The first-order valence-corrected chi connectivity index (χ1v) is 8.99. The predicted octanol–water partition coefficient (Wildman–Crippen LogP) is -1.12. The molecule has 0 saturated carbocycles. The van der Waals surface area contributed by atoms with Gasteiger partial charge in [-0.1, -0.05) is 0 Å². The quantitative estimate of drug-likeness (QED) is 0.504. The van der Waals surface area contributed by atoms with E-state index in [1.54, 1.807) is 0 Å². The van der Waals surface area contributed by atoms with Crippen LogP contribution >= 0.6 is 18.8 Å². The Morgan fingerprint density at radius 2 is 2.17 bits per heavy atom. The van der Waals surface area contributed by atoms with Crippen molar-refractivity contribution in [3.05, 3.63) is 16.7 Å². The van der Waals surface area contributed by atoms with Crippen LogP contribution in [0.25, 0.3) is 0 Å². The van der Waals surface area contributed by atoms with E-state index in [4.69, 9.17) is 24.6 Å². The molecule has 2 N–H and O–H groups in total. The maximum atomic E-state index is 10.3. The first-order chi connectivity index (χ1) is 5.61. The Balaban J connectivity index is 0.000000354. The summed E-state index contributed by atoms with van der Waals surface area (Å²) in [5.41, 5.74) is 4.71. The van der Waals surface area contributed by atoms with Crippen molar-refractivity contribution in [1.29, 1.82) is 0 Å². The van der Waals surface area contributed by atoms with E-state index in [0.717, 1.165) is 0 Å². The molecular formula is C4H4Cl2N3OPtSe-. The molecule has 0 fully saturated rings. The molecule has 1 aromatic heterocycles. The summed E-state index contributed by atoms with van der Waals surface area (Å²) in [6.07, 6.45) is 1.38. The Kier molecular flexibility index (Phi) is 7.20. The van der Waals surface area contributed by atoms with Crippen LogP contribution in [0.1, 0.15) is 0 Å². The molecule has 0 atom stereocenters. The van der Waals surface area contributed by atoms with Gasteiger partial charge in [0.2, 0.25) is 0 Å². The van der Waals surface area contributed by atoms with Crippen molar-refractivity contribution in [3.8, 4) is 0 Å². The fourth-order valence-electron chi connectivity index (χ4n) is 0.372. The summed E-state index contributed by atoms with van der Waals surface area (Å²) < 4.78 is 0.669.